The molecule has 0 saturated carbocycles. The number of fused-ring (bicyclic) bond motifs is 1. The molecule has 1 saturated heterocycles. The van der Waals surface area contributed by atoms with Gasteiger partial charge in [0.05, 0.1) is 29.2 Å². The van der Waals surface area contributed by atoms with Crippen molar-refractivity contribution in [3.05, 3.63) is 47.0 Å². The van der Waals surface area contributed by atoms with Gasteiger partial charge in [-0.05, 0) is 69.1 Å². The average Bonchev–Trinajstić information content (AvgIpc) is 3.17. The van der Waals surface area contributed by atoms with Crippen LogP contribution in [0.1, 0.15) is 32.3 Å². The molecule has 8 nitrogen and oxygen atoms in total. The van der Waals surface area contributed by atoms with Gasteiger partial charge in [-0.1, -0.05) is 17.7 Å². The van der Waals surface area contributed by atoms with Crippen LogP contribution in [0.4, 0.5) is 10.6 Å². The van der Waals surface area contributed by atoms with Crippen molar-refractivity contribution in [3.63, 3.8) is 0 Å². The first-order valence-electron chi connectivity index (χ1n) is 10.8. The highest BCUT2D eigenvalue weighted by molar-refractivity contribution is 6.33. The molecular weight excluding hydrogens is 442 g/mol. The van der Waals surface area contributed by atoms with E-state index in [9.17, 15) is 14.9 Å². The van der Waals surface area contributed by atoms with Crippen molar-refractivity contribution in [1.29, 1.82) is 5.26 Å². The van der Waals surface area contributed by atoms with Crippen molar-refractivity contribution in [3.8, 4) is 17.2 Å². The maximum absolute atomic E-state index is 12.9. The predicted molar refractivity (Wildman–Crippen MR) is 126 cm³/mol. The second-order valence-corrected chi connectivity index (χ2v) is 8.67. The number of nitrogens with one attached hydrogen (secondary N) is 2. The van der Waals surface area contributed by atoms with Gasteiger partial charge in [0.2, 0.25) is 5.91 Å². The number of ether oxygens (including phenoxy) is 1. The van der Waals surface area contributed by atoms with Gasteiger partial charge in [0.25, 0.3) is 0 Å². The molecule has 0 unspecified atom stereocenters. The van der Waals surface area contributed by atoms with Crippen molar-refractivity contribution in [2.75, 3.05) is 18.4 Å². The number of amides is 1. The molecule has 3 aromatic rings. The Balaban J connectivity index is 1.79. The minimum atomic E-state index is -0.632. The molecule has 33 heavy (non-hydrogen) atoms. The molecule has 2 aromatic carbocycles. The first-order chi connectivity index (χ1) is 15.9. The summed E-state index contributed by atoms with van der Waals surface area (Å²) in [6.45, 7) is 5.01. The van der Waals surface area contributed by atoms with Crippen molar-refractivity contribution >= 4 is 40.3 Å². The average molecular weight is 466 g/mol. The quantitative estimate of drug-likeness (QED) is 0.584. The number of rotatable bonds is 4. The van der Waals surface area contributed by atoms with E-state index < -0.39 is 6.09 Å². The summed E-state index contributed by atoms with van der Waals surface area (Å²) < 4.78 is 6.48. The predicted octanol–water partition coefficient (Wildman–Crippen LogP) is 4.56. The molecule has 1 amide bonds. The van der Waals surface area contributed by atoms with Gasteiger partial charge in [-0.2, -0.15) is 9.94 Å². The second-order valence-electron chi connectivity index (χ2n) is 8.26. The number of hydrogen-bond acceptors (Lipinski definition) is 6. The number of piperidine rings is 1. The number of carbonyl (C=O) groups is 2. The first kappa shape index (κ1) is 22.8. The van der Waals surface area contributed by atoms with Gasteiger partial charge in [-0.25, -0.2) is 4.79 Å². The molecule has 0 aliphatic carbocycles. The summed E-state index contributed by atoms with van der Waals surface area (Å²) in [7, 11) is 0. The zero-order chi connectivity index (χ0) is 23.5. The van der Waals surface area contributed by atoms with Crippen LogP contribution in [0.25, 0.3) is 22.0 Å². The Morgan fingerprint density at radius 3 is 2.82 bits per heavy atom. The van der Waals surface area contributed by atoms with E-state index in [0.717, 1.165) is 29.6 Å². The van der Waals surface area contributed by atoms with Crippen LogP contribution in [0.5, 0.6) is 0 Å². The highest BCUT2D eigenvalue weighted by Gasteiger charge is 2.25. The van der Waals surface area contributed by atoms with E-state index in [4.69, 9.17) is 16.3 Å². The second kappa shape index (κ2) is 9.61. The Bertz CT molecular complexity index is 1250. The third kappa shape index (κ3) is 4.85. The van der Waals surface area contributed by atoms with Gasteiger partial charge in [0.1, 0.15) is 0 Å². The van der Waals surface area contributed by atoms with Crippen molar-refractivity contribution < 1.29 is 14.3 Å². The number of nitrogens with zero attached hydrogens (tertiary/aromatic N) is 3. The molecule has 0 radical (unpaired) electrons. The molecule has 1 atom stereocenters. The summed E-state index contributed by atoms with van der Waals surface area (Å²) in [5.41, 5.74) is 2.37. The standard InChI is InChI=1S/C24H24ClN5O3/c1-14(2)33-24(32)30-21-8-6-16(18-10-15(12-26)5-7-20(18)25)11-19(21)22(29-30)28-23(31)17-4-3-9-27-13-17/h5-8,10-11,14,17,27H,3-4,9,13H2,1-2H3,(H,28,29,31)/t17-/m1/s1. The van der Waals surface area contributed by atoms with E-state index in [2.05, 4.69) is 21.8 Å². The highest BCUT2D eigenvalue weighted by atomic mass is 35.5. The molecule has 0 spiro atoms. The van der Waals surface area contributed by atoms with E-state index in [1.807, 2.05) is 0 Å². The van der Waals surface area contributed by atoms with E-state index in [1.165, 1.54) is 0 Å². The third-order valence-electron chi connectivity index (χ3n) is 5.51. The monoisotopic (exact) mass is 465 g/mol. The normalized spacial score (nSPS) is 15.9. The van der Waals surface area contributed by atoms with Crippen LogP contribution in [0, 0.1) is 17.2 Å². The van der Waals surface area contributed by atoms with Gasteiger partial charge in [-0.3, -0.25) is 4.79 Å². The summed E-state index contributed by atoms with van der Waals surface area (Å²) in [6.07, 6.45) is 0.752. The lowest BCUT2D eigenvalue weighted by Gasteiger charge is -2.21. The summed E-state index contributed by atoms with van der Waals surface area (Å²) in [6, 6.07) is 12.5. The van der Waals surface area contributed by atoms with Gasteiger partial charge < -0.3 is 15.4 Å². The summed E-state index contributed by atoms with van der Waals surface area (Å²) in [5.74, 6) is -0.0527. The van der Waals surface area contributed by atoms with Crippen LogP contribution >= 0.6 is 11.6 Å². The molecule has 1 aliphatic heterocycles. The molecule has 0 bridgehead atoms. The zero-order valence-electron chi connectivity index (χ0n) is 18.4. The van der Waals surface area contributed by atoms with Crippen LogP contribution in [-0.4, -0.2) is 41.0 Å². The fourth-order valence-corrected chi connectivity index (χ4v) is 4.11. The lowest BCUT2D eigenvalue weighted by Crippen LogP contribution is -2.37. The van der Waals surface area contributed by atoms with Crippen LogP contribution in [0.3, 0.4) is 0 Å². The Morgan fingerprint density at radius 2 is 2.12 bits per heavy atom. The Kier molecular flexibility index (Phi) is 6.63. The van der Waals surface area contributed by atoms with Crippen molar-refractivity contribution in [2.45, 2.75) is 32.8 Å². The highest BCUT2D eigenvalue weighted by Crippen LogP contribution is 2.34. The summed E-state index contributed by atoms with van der Waals surface area (Å²) in [4.78, 5) is 25.5. The van der Waals surface area contributed by atoms with E-state index >= 15 is 0 Å². The lowest BCUT2D eigenvalue weighted by atomic mass is 9.98. The van der Waals surface area contributed by atoms with E-state index in [0.29, 0.717) is 33.6 Å². The lowest BCUT2D eigenvalue weighted by molar-refractivity contribution is -0.120. The van der Waals surface area contributed by atoms with Crippen LogP contribution in [0.2, 0.25) is 5.02 Å². The molecule has 4 rings (SSSR count). The molecule has 1 aromatic heterocycles. The number of nitriles is 1. The van der Waals surface area contributed by atoms with Crippen molar-refractivity contribution in [2.24, 2.45) is 5.92 Å². The Hall–Kier alpha value is -3.41. The molecule has 2 N–H and O–H groups in total. The molecule has 170 valence electrons. The van der Waals surface area contributed by atoms with Crippen LogP contribution in [0.15, 0.2) is 36.4 Å². The van der Waals surface area contributed by atoms with Crippen molar-refractivity contribution in [1.82, 2.24) is 15.1 Å². The zero-order valence-corrected chi connectivity index (χ0v) is 19.1. The Labute approximate surface area is 196 Å². The maximum atomic E-state index is 12.9. The summed E-state index contributed by atoms with van der Waals surface area (Å²) >= 11 is 6.40. The van der Waals surface area contributed by atoms with E-state index in [1.54, 1.807) is 50.2 Å². The first-order valence-corrected chi connectivity index (χ1v) is 11.2. The number of benzene rings is 2. The molecule has 1 fully saturated rings. The molecule has 9 heteroatoms. The molecule has 2 heterocycles. The Morgan fingerprint density at radius 1 is 1.30 bits per heavy atom. The molecular formula is C24H24ClN5O3. The van der Waals surface area contributed by atoms with Gasteiger partial charge in [-0.15, -0.1) is 5.10 Å². The van der Waals surface area contributed by atoms with E-state index in [-0.39, 0.29) is 23.7 Å². The smallest absolute Gasteiger partial charge is 0.435 e. The number of halogens is 1. The van der Waals surface area contributed by atoms with Crippen LogP contribution in [-0.2, 0) is 9.53 Å². The number of aromatic nitrogens is 2. The molecule has 1 aliphatic rings. The number of hydrogen-bond donors (Lipinski definition) is 2. The fourth-order valence-electron chi connectivity index (χ4n) is 3.88. The number of carbonyl (C=O) groups excluding carboxylic acids is 2. The minimum absolute atomic E-state index is 0.152. The maximum Gasteiger partial charge on any atom is 0.435 e. The van der Waals surface area contributed by atoms with Gasteiger partial charge in [0, 0.05) is 22.5 Å². The summed E-state index contributed by atoms with van der Waals surface area (Å²) in [5, 5.41) is 20.8. The topological polar surface area (TPSA) is 109 Å². The van der Waals surface area contributed by atoms with Crippen LogP contribution < -0.4 is 10.6 Å². The van der Waals surface area contributed by atoms with Gasteiger partial charge in [0.15, 0.2) is 5.82 Å². The largest absolute Gasteiger partial charge is 0.445 e. The number of anilines is 1. The van der Waals surface area contributed by atoms with Gasteiger partial charge >= 0.3 is 6.09 Å². The third-order valence-corrected chi connectivity index (χ3v) is 5.83. The SMILES string of the molecule is CC(C)OC(=O)n1nc(NC(=O)[C@@H]2CCCNC2)c2cc(-c3cc(C#N)ccc3Cl)ccc21. The minimum Gasteiger partial charge on any atom is -0.445 e. The fraction of sp³-hybridized carbons (Fsp3) is 0.333.